The van der Waals surface area contributed by atoms with Crippen molar-refractivity contribution in [3.8, 4) is 17.0 Å². The minimum Gasteiger partial charge on any atom is -0.480 e. The summed E-state index contributed by atoms with van der Waals surface area (Å²) in [5.41, 5.74) is 1.27. The molecular formula is C13H9Cl2NO3. The predicted molar refractivity (Wildman–Crippen MR) is 73.2 cm³/mol. The van der Waals surface area contributed by atoms with Crippen LogP contribution in [-0.2, 0) is 0 Å². The molecule has 1 N–H and O–H groups in total. The molecule has 2 aromatic rings. The Kier molecular flexibility index (Phi) is 3.93. The SMILES string of the molecule is COc1ncc(-c2cc(Cl)cc(Cl)c2)cc1C(=O)O. The third-order valence-electron chi connectivity index (χ3n) is 2.47. The summed E-state index contributed by atoms with van der Waals surface area (Å²) in [6.45, 7) is 0. The van der Waals surface area contributed by atoms with Gasteiger partial charge in [0.25, 0.3) is 0 Å². The van der Waals surface area contributed by atoms with Crippen molar-refractivity contribution in [2.75, 3.05) is 7.11 Å². The number of nitrogens with zero attached hydrogens (tertiary/aromatic N) is 1. The van der Waals surface area contributed by atoms with Crippen molar-refractivity contribution in [3.05, 3.63) is 46.1 Å². The molecule has 0 bridgehead atoms. The van der Waals surface area contributed by atoms with Gasteiger partial charge in [-0.3, -0.25) is 0 Å². The van der Waals surface area contributed by atoms with E-state index < -0.39 is 5.97 Å². The molecule has 0 spiro atoms. The van der Waals surface area contributed by atoms with Crippen molar-refractivity contribution in [2.24, 2.45) is 0 Å². The zero-order valence-corrected chi connectivity index (χ0v) is 11.4. The molecule has 4 nitrogen and oxygen atoms in total. The number of carboxylic acid groups (broad SMARTS) is 1. The normalized spacial score (nSPS) is 10.3. The smallest absolute Gasteiger partial charge is 0.341 e. The highest BCUT2D eigenvalue weighted by Crippen LogP contribution is 2.29. The molecule has 0 aliphatic heterocycles. The number of rotatable bonds is 3. The molecule has 2 rings (SSSR count). The van der Waals surface area contributed by atoms with Crippen LogP contribution in [0.2, 0.25) is 10.0 Å². The van der Waals surface area contributed by atoms with Crippen LogP contribution >= 0.6 is 23.2 Å². The number of pyridine rings is 1. The highest BCUT2D eigenvalue weighted by atomic mass is 35.5. The zero-order chi connectivity index (χ0) is 14.0. The molecule has 1 heterocycles. The van der Waals surface area contributed by atoms with E-state index in [9.17, 15) is 4.79 Å². The number of aromatic nitrogens is 1. The molecule has 6 heteroatoms. The highest BCUT2D eigenvalue weighted by molar-refractivity contribution is 6.35. The maximum Gasteiger partial charge on any atom is 0.341 e. The van der Waals surface area contributed by atoms with Crippen molar-refractivity contribution >= 4 is 29.2 Å². The molecule has 0 aliphatic rings. The van der Waals surface area contributed by atoms with Crippen LogP contribution in [0.5, 0.6) is 5.88 Å². The molecule has 0 saturated heterocycles. The van der Waals surface area contributed by atoms with Gasteiger partial charge in [0.1, 0.15) is 5.56 Å². The van der Waals surface area contributed by atoms with Crippen LogP contribution in [-0.4, -0.2) is 23.2 Å². The monoisotopic (exact) mass is 297 g/mol. The van der Waals surface area contributed by atoms with E-state index in [-0.39, 0.29) is 11.4 Å². The molecule has 0 fully saturated rings. The van der Waals surface area contributed by atoms with E-state index in [4.69, 9.17) is 33.0 Å². The largest absolute Gasteiger partial charge is 0.480 e. The van der Waals surface area contributed by atoms with Crippen LogP contribution in [0.1, 0.15) is 10.4 Å². The van der Waals surface area contributed by atoms with E-state index >= 15 is 0 Å². The average molecular weight is 298 g/mol. The number of aromatic carboxylic acids is 1. The lowest BCUT2D eigenvalue weighted by atomic mass is 10.1. The fourth-order valence-corrected chi connectivity index (χ4v) is 2.17. The first-order valence-electron chi connectivity index (χ1n) is 5.25. The van der Waals surface area contributed by atoms with Gasteiger partial charge >= 0.3 is 5.97 Å². The number of hydrogen-bond acceptors (Lipinski definition) is 3. The van der Waals surface area contributed by atoms with Crippen LogP contribution in [0.3, 0.4) is 0 Å². The summed E-state index contributed by atoms with van der Waals surface area (Å²) >= 11 is 11.8. The van der Waals surface area contributed by atoms with Gasteiger partial charge < -0.3 is 9.84 Å². The van der Waals surface area contributed by atoms with Crippen LogP contribution in [0, 0.1) is 0 Å². The fraction of sp³-hybridized carbons (Fsp3) is 0.0769. The van der Waals surface area contributed by atoms with Gasteiger partial charge in [-0.05, 0) is 29.8 Å². The number of ether oxygens (including phenoxy) is 1. The number of halogens is 2. The van der Waals surface area contributed by atoms with Crippen molar-refractivity contribution in [3.63, 3.8) is 0 Å². The van der Waals surface area contributed by atoms with E-state index in [0.717, 1.165) is 0 Å². The Morgan fingerprint density at radius 1 is 1.16 bits per heavy atom. The molecule has 0 unspecified atom stereocenters. The molecule has 1 aromatic heterocycles. The molecule has 19 heavy (non-hydrogen) atoms. The molecule has 0 atom stereocenters. The summed E-state index contributed by atoms with van der Waals surface area (Å²) in [5, 5.41) is 10.0. The highest BCUT2D eigenvalue weighted by Gasteiger charge is 2.14. The molecule has 0 amide bonds. The Balaban J connectivity index is 2.57. The molecule has 1 aromatic carbocycles. The van der Waals surface area contributed by atoms with Gasteiger partial charge in [-0.25, -0.2) is 9.78 Å². The van der Waals surface area contributed by atoms with Crippen LogP contribution in [0.4, 0.5) is 0 Å². The summed E-state index contributed by atoms with van der Waals surface area (Å²) in [6.07, 6.45) is 1.51. The summed E-state index contributed by atoms with van der Waals surface area (Å²) < 4.78 is 4.90. The Hall–Kier alpha value is -1.78. The minimum absolute atomic E-state index is 0.0175. The van der Waals surface area contributed by atoms with E-state index in [1.54, 1.807) is 18.2 Å². The Morgan fingerprint density at radius 2 is 1.79 bits per heavy atom. The van der Waals surface area contributed by atoms with Crippen molar-refractivity contribution in [1.82, 2.24) is 4.98 Å². The second kappa shape index (κ2) is 5.47. The van der Waals surface area contributed by atoms with E-state index in [1.165, 1.54) is 19.4 Å². The lowest BCUT2D eigenvalue weighted by Crippen LogP contribution is -2.02. The van der Waals surface area contributed by atoms with Crippen LogP contribution in [0.15, 0.2) is 30.5 Å². The number of methoxy groups -OCH3 is 1. The Morgan fingerprint density at radius 3 is 2.32 bits per heavy atom. The third-order valence-corrected chi connectivity index (χ3v) is 2.91. The maximum absolute atomic E-state index is 11.1. The first kappa shape index (κ1) is 13.6. The van der Waals surface area contributed by atoms with Gasteiger partial charge in [0, 0.05) is 21.8 Å². The second-order valence-corrected chi connectivity index (χ2v) is 4.62. The quantitative estimate of drug-likeness (QED) is 0.937. The first-order chi connectivity index (χ1) is 9.01. The zero-order valence-electron chi connectivity index (χ0n) is 9.85. The molecule has 0 radical (unpaired) electrons. The minimum atomic E-state index is -1.11. The van der Waals surface area contributed by atoms with Gasteiger partial charge in [-0.2, -0.15) is 0 Å². The summed E-state index contributed by atoms with van der Waals surface area (Å²) in [4.78, 5) is 15.1. The summed E-state index contributed by atoms with van der Waals surface area (Å²) in [7, 11) is 1.37. The predicted octanol–water partition coefficient (Wildman–Crippen LogP) is 3.76. The number of hydrogen-bond donors (Lipinski definition) is 1. The topological polar surface area (TPSA) is 59.4 Å². The van der Waals surface area contributed by atoms with Crippen molar-refractivity contribution in [2.45, 2.75) is 0 Å². The van der Waals surface area contributed by atoms with Gasteiger partial charge in [0.2, 0.25) is 5.88 Å². The molecular weight excluding hydrogens is 289 g/mol. The van der Waals surface area contributed by atoms with E-state index in [0.29, 0.717) is 21.2 Å². The number of carbonyl (C=O) groups is 1. The molecule has 0 saturated carbocycles. The Labute approximate surface area is 119 Å². The van der Waals surface area contributed by atoms with Crippen molar-refractivity contribution in [1.29, 1.82) is 0 Å². The second-order valence-electron chi connectivity index (χ2n) is 3.74. The fourth-order valence-electron chi connectivity index (χ4n) is 1.65. The summed E-state index contributed by atoms with van der Waals surface area (Å²) in [5.74, 6) is -1.05. The van der Waals surface area contributed by atoms with E-state index in [1.807, 2.05) is 0 Å². The van der Waals surface area contributed by atoms with Crippen molar-refractivity contribution < 1.29 is 14.6 Å². The number of benzene rings is 1. The van der Waals surface area contributed by atoms with Gasteiger partial charge in [-0.1, -0.05) is 23.2 Å². The summed E-state index contributed by atoms with van der Waals surface area (Å²) in [6, 6.07) is 6.43. The standard InChI is InChI=1S/C13H9Cl2NO3/c1-19-12-11(13(17)18)4-8(6-16-12)7-2-9(14)5-10(15)3-7/h2-6H,1H3,(H,17,18). The van der Waals surface area contributed by atoms with Gasteiger partial charge in [-0.15, -0.1) is 0 Å². The first-order valence-corrected chi connectivity index (χ1v) is 6.00. The van der Waals surface area contributed by atoms with E-state index in [2.05, 4.69) is 4.98 Å². The average Bonchev–Trinajstić information content (AvgIpc) is 2.36. The van der Waals surface area contributed by atoms with Crippen LogP contribution in [0.25, 0.3) is 11.1 Å². The van der Waals surface area contributed by atoms with Gasteiger partial charge in [0.15, 0.2) is 0 Å². The molecule has 98 valence electrons. The molecule has 0 aliphatic carbocycles. The third kappa shape index (κ3) is 2.97. The lowest BCUT2D eigenvalue weighted by molar-refractivity contribution is 0.0692. The van der Waals surface area contributed by atoms with Crippen LogP contribution < -0.4 is 4.74 Å². The number of carboxylic acids is 1. The maximum atomic E-state index is 11.1. The van der Waals surface area contributed by atoms with Gasteiger partial charge in [0.05, 0.1) is 7.11 Å². The lowest BCUT2D eigenvalue weighted by Gasteiger charge is -2.07. The Bertz CT molecular complexity index is 624.